The van der Waals surface area contributed by atoms with Gasteiger partial charge in [0.05, 0.1) is 28.8 Å². The average Bonchev–Trinajstić information content (AvgIpc) is 3.72. The summed E-state index contributed by atoms with van der Waals surface area (Å²) >= 11 is 1.65. The molecule has 5 heterocycles. The minimum Gasteiger partial charge on any atom is -0.358 e. The number of benzene rings is 1. The van der Waals surface area contributed by atoms with Gasteiger partial charge in [-0.1, -0.05) is 55.6 Å². The molecule has 3 N–H and O–H groups in total. The highest BCUT2D eigenvalue weighted by molar-refractivity contribution is 7.08. The molecule has 1 aromatic carbocycles. The summed E-state index contributed by atoms with van der Waals surface area (Å²) in [5.41, 5.74) is 10.7. The Hall–Kier alpha value is -5.08. The molecule has 0 amide bonds. The summed E-state index contributed by atoms with van der Waals surface area (Å²) in [7, 11) is 0. The maximum absolute atomic E-state index is 4.97. The van der Waals surface area contributed by atoms with Gasteiger partial charge < -0.3 is 10.3 Å². The quantitative estimate of drug-likeness (QED) is 0.164. The standard InChI is InChI=1S/C32H27N7S/c1-4-8-26(23-13-14-40-19-23)29-21(3)35-32(37-29)31-30-28(38-39-31)12-11-27(36-30)24-16-25(18-33-17-24)34-20(2)15-22-9-6-5-7-10-22/h4-14,16-19,34H,1-2,15H2,3H3,(H,35,37)(H,38,39)/b26-8-. The maximum Gasteiger partial charge on any atom is 0.161 e. The molecule has 0 saturated heterocycles. The smallest absolute Gasteiger partial charge is 0.161 e. The molecule has 7 nitrogen and oxygen atoms in total. The summed E-state index contributed by atoms with van der Waals surface area (Å²) in [4.78, 5) is 17.8. The highest BCUT2D eigenvalue weighted by atomic mass is 32.1. The number of aromatic amines is 2. The number of pyridine rings is 2. The van der Waals surface area contributed by atoms with Gasteiger partial charge in [0.1, 0.15) is 5.52 Å². The van der Waals surface area contributed by atoms with Gasteiger partial charge in [0.15, 0.2) is 11.5 Å². The van der Waals surface area contributed by atoms with Crippen molar-refractivity contribution in [3.8, 4) is 22.8 Å². The first kappa shape index (κ1) is 25.2. The van der Waals surface area contributed by atoms with Gasteiger partial charge in [-0.3, -0.25) is 10.1 Å². The van der Waals surface area contributed by atoms with E-state index < -0.39 is 0 Å². The summed E-state index contributed by atoms with van der Waals surface area (Å²) in [6.07, 6.45) is 8.09. The molecule has 0 radical (unpaired) electrons. The number of thiophene rings is 1. The third-order valence-electron chi connectivity index (χ3n) is 6.50. The Morgan fingerprint density at radius 2 is 1.95 bits per heavy atom. The zero-order valence-electron chi connectivity index (χ0n) is 22.0. The molecule has 0 atom stereocenters. The molecule has 0 spiro atoms. The summed E-state index contributed by atoms with van der Waals surface area (Å²) < 4.78 is 0. The van der Waals surface area contributed by atoms with E-state index in [-0.39, 0.29) is 0 Å². The molecule has 0 aliphatic rings. The lowest BCUT2D eigenvalue weighted by Crippen LogP contribution is -2.02. The first-order valence-corrected chi connectivity index (χ1v) is 13.7. The van der Waals surface area contributed by atoms with Gasteiger partial charge in [-0.05, 0) is 53.1 Å². The van der Waals surface area contributed by atoms with E-state index in [2.05, 4.69) is 67.6 Å². The molecule has 6 aromatic rings. The van der Waals surface area contributed by atoms with Crippen molar-refractivity contribution in [1.29, 1.82) is 0 Å². The zero-order chi connectivity index (χ0) is 27.5. The fourth-order valence-electron chi connectivity index (χ4n) is 4.65. The highest BCUT2D eigenvalue weighted by Crippen LogP contribution is 2.31. The Labute approximate surface area is 236 Å². The van der Waals surface area contributed by atoms with E-state index in [1.165, 1.54) is 5.56 Å². The Kier molecular flexibility index (Phi) is 6.91. The molecular formula is C32H27N7S. The predicted octanol–water partition coefficient (Wildman–Crippen LogP) is 7.57. The van der Waals surface area contributed by atoms with Crippen LogP contribution in [0.25, 0.3) is 39.4 Å². The second kappa shape index (κ2) is 11.0. The molecule has 8 heteroatoms. The zero-order valence-corrected chi connectivity index (χ0v) is 22.8. The summed E-state index contributed by atoms with van der Waals surface area (Å²) in [6, 6.07) is 18.3. The first-order valence-electron chi connectivity index (χ1n) is 12.8. The molecule has 196 valence electrons. The molecular weight excluding hydrogens is 514 g/mol. The van der Waals surface area contributed by atoms with E-state index in [1.807, 2.05) is 49.4 Å². The number of hydrogen-bond acceptors (Lipinski definition) is 6. The van der Waals surface area contributed by atoms with Crippen molar-refractivity contribution in [2.75, 3.05) is 5.32 Å². The van der Waals surface area contributed by atoms with Crippen LogP contribution in [0, 0.1) is 6.92 Å². The Balaban J connectivity index is 1.30. The van der Waals surface area contributed by atoms with Gasteiger partial charge in [-0.15, -0.1) is 0 Å². The van der Waals surface area contributed by atoms with Gasteiger partial charge in [-0.2, -0.15) is 16.4 Å². The molecule has 0 bridgehead atoms. The van der Waals surface area contributed by atoms with E-state index in [9.17, 15) is 0 Å². The second-order valence-electron chi connectivity index (χ2n) is 9.41. The summed E-state index contributed by atoms with van der Waals surface area (Å²) in [5.74, 6) is 0.652. The van der Waals surface area contributed by atoms with Crippen molar-refractivity contribution in [1.82, 2.24) is 30.1 Å². The Bertz CT molecular complexity index is 1840. The Morgan fingerprint density at radius 3 is 2.75 bits per heavy atom. The second-order valence-corrected chi connectivity index (χ2v) is 10.2. The molecule has 40 heavy (non-hydrogen) atoms. The number of aromatic nitrogens is 6. The van der Waals surface area contributed by atoms with Crippen molar-refractivity contribution >= 4 is 33.6 Å². The van der Waals surface area contributed by atoms with Crippen LogP contribution in [0.4, 0.5) is 5.69 Å². The summed E-state index contributed by atoms with van der Waals surface area (Å²) in [6.45, 7) is 10.1. The van der Waals surface area contributed by atoms with Crippen molar-refractivity contribution in [2.45, 2.75) is 13.3 Å². The third kappa shape index (κ3) is 5.12. The number of H-pyrrole nitrogens is 2. The van der Waals surface area contributed by atoms with Crippen LogP contribution in [0.2, 0.25) is 0 Å². The van der Waals surface area contributed by atoms with Crippen LogP contribution in [0.1, 0.15) is 22.5 Å². The highest BCUT2D eigenvalue weighted by Gasteiger charge is 2.19. The molecule has 0 fully saturated rings. The minimum atomic E-state index is 0.652. The summed E-state index contributed by atoms with van der Waals surface area (Å²) in [5, 5.41) is 15.2. The number of allylic oxidation sites excluding steroid dienone is 3. The normalized spacial score (nSPS) is 11.6. The van der Waals surface area contributed by atoms with Crippen molar-refractivity contribution in [3.63, 3.8) is 0 Å². The SMILES string of the molecule is C=C/C=C(/c1ccsc1)c1nc(-c2n[nH]c3ccc(-c4cncc(NC(=C)Cc5ccccc5)c4)nc23)[nH]c1C. The minimum absolute atomic E-state index is 0.652. The van der Waals surface area contributed by atoms with Gasteiger partial charge in [0.2, 0.25) is 0 Å². The molecule has 0 aliphatic heterocycles. The van der Waals surface area contributed by atoms with Crippen LogP contribution in [-0.4, -0.2) is 30.1 Å². The average molecular weight is 542 g/mol. The van der Waals surface area contributed by atoms with Gasteiger partial charge in [0.25, 0.3) is 0 Å². The third-order valence-corrected chi connectivity index (χ3v) is 7.19. The largest absolute Gasteiger partial charge is 0.358 e. The fourth-order valence-corrected chi connectivity index (χ4v) is 5.30. The lowest BCUT2D eigenvalue weighted by atomic mass is 10.0. The van der Waals surface area contributed by atoms with E-state index in [1.54, 1.807) is 29.8 Å². The van der Waals surface area contributed by atoms with Crippen LogP contribution in [0.3, 0.4) is 0 Å². The van der Waals surface area contributed by atoms with E-state index in [0.717, 1.165) is 62.6 Å². The van der Waals surface area contributed by atoms with Crippen LogP contribution in [0.5, 0.6) is 0 Å². The molecule has 0 aliphatic carbocycles. The van der Waals surface area contributed by atoms with Crippen LogP contribution >= 0.6 is 11.3 Å². The molecule has 5 aromatic heterocycles. The number of fused-ring (bicyclic) bond motifs is 1. The Morgan fingerprint density at radius 1 is 1.07 bits per heavy atom. The topological polar surface area (TPSA) is 95.2 Å². The first-order chi connectivity index (χ1) is 19.6. The van der Waals surface area contributed by atoms with Crippen molar-refractivity contribution in [3.05, 3.63) is 131 Å². The number of nitrogens with zero attached hydrogens (tertiary/aromatic N) is 4. The number of hydrogen-bond donors (Lipinski definition) is 3. The lowest BCUT2D eigenvalue weighted by Gasteiger charge is -2.11. The van der Waals surface area contributed by atoms with Crippen LogP contribution < -0.4 is 5.32 Å². The molecule has 0 saturated carbocycles. The number of nitrogens with one attached hydrogen (secondary N) is 3. The van der Waals surface area contributed by atoms with Crippen molar-refractivity contribution < 1.29 is 0 Å². The molecule has 0 unspecified atom stereocenters. The van der Waals surface area contributed by atoms with E-state index in [0.29, 0.717) is 11.5 Å². The number of rotatable bonds is 9. The monoisotopic (exact) mass is 541 g/mol. The predicted molar refractivity (Wildman–Crippen MR) is 164 cm³/mol. The number of aryl methyl sites for hydroxylation is 1. The van der Waals surface area contributed by atoms with Gasteiger partial charge >= 0.3 is 0 Å². The van der Waals surface area contributed by atoms with E-state index in [4.69, 9.17) is 9.97 Å². The number of imidazole rings is 1. The van der Waals surface area contributed by atoms with Crippen LogP contribution in [0.15, 0.2) is 109 Å². The molecule has 6 rings (SSSR count). The van der Waals surface area contributed by atoms with E-state index >= 15 is 0 Å². The van der Waals surface area contributed by atoms with Gasteiger partial charge in [-0.25, -0.2) is 9.97 Å². The van der Waals surface area contributed by atoms with Crippen molar-refractivity contribution in [2.24, 2.45) is 0 Å². The lowest BCUT2D eigenvalue weighted by molar-refractivity contribution is 1.10. The number of anilines is 1. The van der Waals surface area contributed by atoms with Crippen LogP contribution in [-0.2, 0) is 6.42 Å². The van der Waals surface area contributed by atoms with Gasteiger partial charge in [0, 0.05) is 35.1 Å². The maximum atomic E-state index is 4.97. The fraction of sp³-hybridized carbons (Fsp3) is 0.0625.